The monoisotopic (exact) mass is 388 g/mol. The summed E-state index contributed by atoms with van der Waals surface area (Å²) in [7, 11) is 0. The van der Waals surface area contributed by atoms with Gasteiger partial charge in [-0.1, -0.05) is 48.5 Å². The predicted octanol–water partition coefficient (Wildman–Crippen LogP) is 3.06. The molecule has 146 valence electrons. The highest BCUT2D eigenvalue weighted by Crippen LogP contribution is 2.27. The number of aryl methyl sites for hydroxylation is 1. The maximum atomic E-state index is 12.6. The Hall–Kier alpha value is -3.74. The topological polar surface area (TPSA) is 101 Å². The van der Waals surface area contributed by atoms with Gasteiger partial charge in [-0.2, -0.15) is 0 Å². The minimum Gasteiger partial charge on any atom is -0.425 e. The van der Waals surface area contributed by atoms with Gasteiger partial charge in [0, 0.05) is 31.0 Å². The first-order valence-corrected chi connectivity index (χ1v) is 9.33. The fraction of sp³-hybridized carbons (Fsp3) is 0.182. The number of hydrogen-bond donors (Lipinski definition) is 2. The smallest absolute Gasteiger partial charge is 0.253 e. The van der Waals surface area contributed by atoms with Crippen molar-refractivity contribution >= 4 is 16.8 Å². The van der Waals surface area contributed by atoms with Crippen LogP contribution in [0.15, 0.2) is 69.9 Å². The van der Waals surface area contributed by atoms with E-state index in [4.69, 9.17) is 4.42 Å². The van der Waals surface area contributed by atoms with Gasteiger partial charge in [0.2, 0.25) is 17.7 Å². The molecule has 1 unspecified atom stereocenters. The molecule has 0 saturated carbocycles. The Bertz CT molecular complexity index is 1200. The van der Waals surface area contributed by atoms with E-state index in [2.05, 4.69) is 20.5 Å². The van der Waals surface area contributed by atoms with Gasteiger partial charge >= 0.3 is 0 Å². The fourth-order valence-electron chi connectivity index (χ4n) is 3.26. The number of rotatable bonds is 6. The van der Waals surface area contributed by atoms with E-state index in [1.165, 1.54) is 0 Å². The maximum absolute atomic E-state index is 12.6. The van der Waals surface area contributed by atoms with Crippen molar-refractivity contribution < 1.29 is 9.21 Å². The van der Waals surface area contributed by atoms with Crippen molar-refractivity contribution in [2.75, 3.05) is 0 Å². The van der Waals surface area contributed by atoms with Crippen LogP contribution in [0.4, 0.5) is 0 Å². The number of para-hydroxylation sites is 1. The van der Waals surface area contributed by atoms with Crippen LogP contribution in [0.25, 0.3) is 10.9 Å². The molecule has 2 N–H and O–H groups in total. The van der Waals surface area contributed by atoms with Crippen molar-refractivity contribution in [2.45, 2.75) is 25.8 Å². The van der Waals surface area contributed by atoms with Gasteiger partial charge in [-0.3, -0.25) is 9.59 Å². The summed E-state index contributed by atoms with van der Waals surface area (Å²) in [5, 5.41) is 11.7. The van der Waals surface area contributed by atoms with Gasteiger partial charge in [0.1, 0.15) is 0 Å². The van der Waals surface area contributed by atoms with E-state index in [9.17, 15) is 9.59 Å². The lowest BCUT2D eigenvalue weighted by Crippen LogP contribution is -2.28. The summed E-state index contributed by atoms with van der Waals surface area (Å²) in [6, 6.07) is 18.9. The zero-order chi connectivity index (χ0) is 20.2. The molecule has 7 nitrogen and oxygen atoms in total. The number of pyridine rings is 1. The lowest BCUT2D eigenvalue weighted by Gasteiger charge is -2.13. The number of carbonyl (C=O) groups excluding carboxylic acids is 1. The molecule has 0 saturated heterocycles. The number of nitrogens with zero attached hydrogens (tertiary/aromatic N) is 2. The molecule has 0 bridgehead atoms. The van der Waals surface area contributed by atoms with Gasteiger partial charge < -0.3 is 14.7 Å². The average Bonchev–Trinajstić information content (AvgIpc) is 3.17. The van der Waals surface area contributed by atoms with E-state index >= 15 is 0 Å². The zero-order valence-electron chi connectivity index (χ0n) is 15.9. The zero-order valence-corrected chi connectivity index (χ0v) is 15.9. The third-order valence-corrected chi connectivity index (χ3v) is 4.74. The Morgan fingerprint density at radius 3 is 2.62 bits per heavy atom. The summed E-state index contributed by atoms with van der Waals surface area (Å²) in [6.45, 7) is 1.86. The van der Waals surface area contributed by atoms with Crippen LogP contribution in [0.2, 0.25) is 0 Å². The van der Waals surface area contributed by atoms with Gasteiger partial charge in [0.25, 0.3) is 5.56 Å². The number of benzene rings is 2. The highest BCUT2D eigenvalue weighted by Gasteiger charge is 2.23. The molecule has 29 heavy (non-hydrogen) atoms. The first-order chi connectivity index (χ1) is 14.1. The van der Waals surface area contributed by atoms with Crippen LogP contribution in [-0.2, 0) is 11.3 Å². The first kappa shape index (κ1) is 18.6. The standard InChI is InChI=1S/C22H20N4O3/c1-14-25-26-22(29-14)18(15-7-3-2-4-8-15)12-20(27)23-13-17-11-16-9-5-6-10-19(16)24-21(17)28/h2-11,18H,12-13H2,1H3,(H,23,27)(H,24,28). The molecule has 0 aliphatic carbocycles. The molecule has 1 amide bonds. The van der Waals surface area contributed by atoms with E-state index in [-0.39, 0.29) is 30.3 Å². The Morgan fingerprint density at radius 2 is 1.86 bits per heavy atom. The summed E-state index contributed by atoms with van der Waals surface area (Å²) in [6.07, 6.45) is 0.136. The average molecular weight is 388 g/mol. The first-order valence-electron chi connectivity index (χ1n) is 9.33. The molecule has 2 aromatic heterocycles. The normalized spacial score (nSPS) is 12.0. The molecule has 2 heterocycles. The summed E-state index contributed by atoms with van der Waals surface area (Å²) in [5.41, 5.74) is 1.97. The van der Waals surface area contributed by atoms with Crippen LogP contribution >= 0.6 is 0 Å². The van der Waals surface area contributed by atoms with Gasteiger partial charge in [0.15, 0.2) is 0 Å². The van der Waals surface area contributed by atoms with Crippen molar-refractivity contribution in [1.29, 1.82) is 0 Å². The third kappa shape index (κ3) is 4.24. The minimum absolute atomic E-state index is 0.136. The van der Waals surface area contributed by atoms with Crippen molar-refractivity contribution in [3.63, 3.8) is 0 Å². The number of aromatic nitrogens is 3. The molecule has 2 aromatic carbocycles. The highest BCUT2D eigenvalue weighted by molar-refractivity contribution is 5.79. The minimum atomic E-state index is -0.354. The molecule has 7 heteroatoms. The van der Waals surface area contributed by atoms with Crippen LogP contribution in [0, 0.1) is 6.92 Å². The SMILES string of the molecule is Cc1nnc(C(CC(=O)NCc2cc3ccccc3[nH]c2=O)c2ccccc2)o1. The Kier molecular flexibility index (Phi) is 5.20. The molecule has 4 rings (SSSR count). The second-order valence-corrected chi connectivity index (χ2v) is 6.81. The number of hydrogen-bond acceptors (Lipinski definition) is 5. The van der Waals surface area contributed by atoms with E-state index < -0.39 is 0 Å². The molecular formula is C22H20N4O3. The quantitative estimate of drug-likeness (QED) is 0.529. The Balaban J connectivity index is 1.50. The van der Waals surface area contributed by atoms with Crippen LogP contribution in [0.3, 0.4) is 0 Å². The molecule has 0 spiro atoms. The van der Waals surface area contributed by atoms with Crippen molar-refractivity contribution in [3.8, 4) is 0 Å². The molecule has 0 fully saturated rings. The van der Waals surface area contributed by atoms with Crippen molar-refractivity contribution in [1.82, 2.24) is 20.5 Å². The molecule has 0 aliphatic heterocycles. The van der Waals surface area contributed by atoms with E-state index in [0.29, 0.717) is 17.3 Å². The lowest BCUT2D eigenvalue weighted by molar-refractivity contribution is -0.121. The Labute approximate surface area is 166 Å². The number of amides is 1. The van der Waals surface area contributed by atoms with Crippen LogP contribution in [0.5, 0.6) is 0 Å². The molecule has 4 aromatic rings. The molecular weight excluding hydrogens is 368 g/mol. The second-order valence-electron chi connectivity index (χ2n) is 6.81. The van der Waals surface area contributed by atoms with Crippen LogP contribution < -0.4 is 10.9 Å². The van der Waals surface area contributed by atoms with Crippen LogP contribution in [0.1, 0.15) is 35.2 Å². The van der Waals surface area contributed by atoms with E-state index in [1.807, 2.05) is 54.6 Å². The van der Waals surface area contributed by atoms with E-state index in [0.717, 1.165) is 16.5 Å². The van der Waals surface area contributed by atoms with Gasteiger partial charge in [-0.05, 0) is 23.1 Å². The summed E-state index contributed by atoms with van der Waals surface area (Å²) in [5.74, 6) is 0.283. The number of fused-ring (bicyclic) bond motifs is 1. The van der Waals surface area contributed by atoms with Crippen LogP contribution in [-0.4, -0.2) is 21.1 Å². The maximum Gasteiger partial charge on any atom is 0.253 e. The number of H-pyrrole nitrogens is 1. The number of aromatic amines is 1. The summed E-state index contributed by atoms with van der Waals surface area (Å²) in [4.78, 5) is 27.8. The lowest BCUT2D eigenvalue weighted by atomic mass is 9.95. The number of nitrogens with one attached hydrogen (secondary N) is 2. The predicted molar refractivity (Wildman–Crippen MR) is 108 cm³/mol. The van der Waals surface area contributed by atoms with Gasteiger partial charge in [0.05, 0.1) is 5.92 Å². The largest absolute Gasteiger partial charge is 0.425 e. The van der Waals surface area contributed by atoms with Crippen molar-refractivity contribution in [2.24, 2.45) is 0 Å². The highest BCUT2D eigenvalue weighted by atomic mass is 16.4. The second kappa shape index (κ2) is 8.10. The molecule has 1 atom stereocenters. The summed E-state index contributed by atoms with van der Waals surface area (Å²) < 4.78 is 5.57. The van der Waals surface area contributed by atoms with E-state index in [1.54, 1.807) is 13.0 Å². The fourth-order valence-corrected chi connectivity index (χ4v) is 3.26. The molecule has 0 radical (unpaired) electrons. The van der Waals surface area contributed by atoms with Gasteiger partial charge in [-0.25, -0.2) is 0 Å². The van der Waals surface area contributed by atoms with Crippen molar-refractivity contribution in [3.05, 3.63) is 93.9 Å². The number of carbonyl (C=O) groups is 1. The Morgan fingerprint density at radius 1 is 1.10 bits per heavy atom. The summed E-state index contributed by atoms with van der Waals surface area (Å²) >= 11 is 0. The van der Waals surface area contributed by atoms with Gasteiger partial charge in [-0.15, -0.1) is 10.2 Å². The molecule has 0 aliphatic rings. The third-order valence-electron chi connectivity index (χ3n) is 4.74.